The Morgan fingerprint density at radius 1 is 1.55 bits per heavy atom. The van der Waals surface area contributed by atoms with Crippen molar-refractivity contribution in [3.05, 3.63) is 36.6 Å². The number of allylic oxidation sites excluding steroid dienone is 3. The third-order valence-corrected chi connectivity index (χ3v) is 1.17. The Morgan fingerprint density at radius 3 is 3.09 bits per heavy atom. The van der Waals surface area contributed by atoms with Crippen LogP contribution in [0.15, 0.2) is 35.1 Å². The first-order valence-electron chi connectivity index (χ1n) is 3.66. The van der Waals surface area contributed by atoms with Crippen molar-refractivity contribution in [2.75, 3.05) is 0 Å². The van der Waals surface area contributed by atoms with E-state index in [9.17, 15) is 0 Å². The molecule has 0 N–H and O–H groups in total. The molecular formula is C9H11NO. The van der Waals surface area contributed by atoms with E-state index in [1.807, 2.05) is 18.2 Å². The number of hydrogen-bond donors (Lipinski definition) is 0. The monoisotopic (exact) mass is 149 g/mol. The van der Waals surface area contributed by atoms with Crippen LogP contribution in [0.25, 0.3) is 6.08 Å². The minimum atomic E-state index is 0.644. The maximum atomic E-state index is 4.98. The molecule has 0 amide bonds. The zero-order valence-electron chi connectivity index (χ0n) is 6.53. The van der Waals surface area contributed by atoms with Gasteiger partial charge in [-0.3, -0.25) is 0 Å². The molecular weight excluding hydrogens is 138 g/mol. The molecule has 1 aromatic rings. The summed E-state index contributed by atoms with van der Waals surface area (Å²) >= 11 is 0. The van der Waals surface area contributed by atoms with Gasteiger partial charge in [0, 0.05) is 6.08 Å². The highest BCUT2D eigenvalue weighted by Gasteiger charge is 1.84. The lowest BCUT2D eigenvalue weighted by Crippen LogP contribution is -1.64. The largest absolute Gasteiger partial charge is 0.445 e. The van der Waals surface area contributed by atoms with E-state index in [2.05, 4.69) is 18.0 Å². The number of rotatable bonds is 3. The van der Waals surface area contributed by atoms with Crippen LogP contribution < -0.4 is 0 Å². The maximum Gasteiger partial charge on any atom is 0.218 e. The molecule has 0 aromatic carbocycles. The van der Waals surface area contributed by atoms with Crippen LogP contribution in [0.4, 0.5) is 0 Å². The third kappa shape index (κ3) is 2.85. The summed E-state index contributed by atoms with van der Waals surface area (Å²) in [5.41, 5.74) is 0. The highest BCUT2D eigenvalue weighted by Crippen LogP contribution is 1.96. The van der Waals surface area contributed by atoms with Gasteiger partial charge >= 0.3 is 0 Å². The molecule has 1 aromatic heterocycles. The van der Waals surface area contributed by atoms with E-state index in [0.717, 1.165) is 6.42 Å². The molecule has 0 atom stereocenters. The van der Waals surface area contributed by atoms with Crippen LogP contribution in [0.1, 0.15) is 19.2 Å². The van der Waals surface area contributed by atoms with Gasteiger partial charge in [0.2, 0.25) is 5.89 Å². The zero-order valence-corrected chi connectivity index (χ0v) is 6.53. The first-order valence-corrected chi connectivity index (χ1v) is 3.66. The molecule has 0 unspecified atom stereocenters. The Balaban J connectivity index is 2.43. The lowest BCUT2D eigenvalue weighted by Gasteiger charge is -1.77. The average molecular weight is 149 g/mol. The second-order valence-electron chi connectivity index (χ2n) is 2.07. The number of hydrogen-bond acceptors (Lipinski definition) is 2. The molecule has 0 bridgehead atoms. The molecule has 2 heteroatoms. The minimum Gasteiger partial charge on any atom is -0.445 e. The normalized spacial score (nSPS) is 11.7. The van der Waals surface area contributed by atoms with Gasteiger partial charge in [-0.1, -0.05) is 25.2 Å². The summed E-state index contributed by atoms with van der Waals surface area (Å²) in [6.07, 6.45) is 12.0. The number of nitrogens with zero attached hydrogens (tertiary/aromatic N) is 1. The molecule has 2 nitrogen and oxygen atoms in total. The fraction of sp³-hybridized carbons (Fsp3) is 0.222. The van der Waals surface area contributed by atoms with Crippen molar-refractivity contribution in [3.8, 4) is 0 Å². The van der Waals surface area contributed by atoms with E-state index in [4.69, 9.17) is 4.42 Å². The summed E-state index contributed by atoms with van der Waals surface area (Å²) in [4.78, 5) is 3.93. The Morgan fingerprint density at radius 2 is 2.45 bits per heavy atom. The maximum absolute atomic E-state index is 4.98. The van der Waals surface area contributed by atoms with Gasteiger partial charge in [-0.15, -0.1) is 0 Å². The fourth-order valence-corrected chi connectivity index (χ4v) is 0.669. The molecule has 0 saturated heterocycles. The average Bonchev–Trinajstić information content (AvgIpc) is 2.50. The van der Waals surface area contributed by atoms with Crippen molar-refractivity contribution < 1.29 is 4.42 Å². The lowest BCUT2D eigenvalue weighted by molar-refractivity contribution is 0.546. The van der Waals surface area contributed by atoms with Gasteiger partial charge in [-0.25, -0.2) is 4.98 Å². The molecule has 11 heavy (non-hydrogen) atoms. The van der Waals surface area contributed by atoms with Crippen molar-refractivity contribution in [3.63, 3.8) is 0 Å². The van der Waals surface area contributed by atoms with Crippen LogP contribution in [0.2, 0.25) is 0 Å². The second kappa shape index (κ2) is 4.50. The first-order chi connectivity index (χ1) is 5.43. The van der Waals surface area contributed by atoms with Gasteiger partial charge < -0.3 is 4.42 Å². The molecule has 58 valence electrons. The van der Waals surface area contributed by atoms with E-state index in [0.29, 0.717) is 5.89 Å². The molecule has 1 rings (SSSR count). The topological polar surface area (TPSA) is 26.0 Å². The van der Waals surface area contributed by atoms with E-state index >= 15 is 0 Å². The van der Waals surface area contributed by atoms with Crippen molar-refractivity contribution in [2.24, 2.45) is 0 Å². The second-order valence-corrected chi connectivity index (χ2v) is 2.07. The van der Waals surface area contributed by atoms with Gasteiger partial charge in [0.1, 0.15) is 6.26 Å². The van der Waals surface area contributed by atoms with E-state index in [1.54, 1.807) is 12.5 Å². The standard InChI is InChI=1S/C9H11NO/c1-2-3-4-5-6-9-10-7-8-11-9/h3-8H,2H2,1H3. The summed E-state index contributed by atoms with van der Waals surface area (Å²) in [6, 6.07) is 0. The zero-order chi connectivity index (χ0) is 7.94. The molecule has 0 aliphatic heterocycles. The van der Waals surface area contributed by atoms with Gasteiger partial charge in [0.25, 0.3) is 0 Å². The van der Waals surface area contributed by atoms with E-state index < -0.39 is 0 Å². The van der Waals surface area contributed by atoms with Gasteiger partial charge in [0.05, 0.1) is 6.20 Å². The molecule has 0 fully saturated rings. The fourth-order valence-electron chi connectivity index (χ4n) is 0.669. The van der Waals surface area contributed by atoms with Crippen LogP contribution >= 0.6 is 0 Å². The van der Waals surface area contributed by atoms with Crippen LogP contribution in [0, 0.1) is 0 Å². The summed E-state index contributed by atoms with van der Waals surface area (Å²) in [7, 11) is 0. The van der Waals surface area contributed by atoms with Gasteiger partial charge in [0.15, 0.2) is 0 Å². The molecule has 0 aliphatic carbocycles. The lowest BCUT2D eigenvalue weighted by atomic mass is 10.4. The highest BCUT2D eigenvalue weighted by atomic mass is 16.3. The Labute approximate surface area is 66.3 Å². The van der Waals surface area contributed by atoms with Crippen molar-refractivity contribution >= 4 is 6.08 Å². The van der Waals surface area contributed by atoms with E-state index in [-0.39, 0.29) is 0 Å². The molecule has 0 aliphatic rings. The predicted octanol–water partition coefficient (Wildman–Crippen LogP) is 2.65. The number of oxazole rings is 1. The predicted molar refractivity (Wildman–Crippen MR) is 45.0 cm³/mol. The summed E-state index contributed by atoms with van der Waals surface area (Å²) < 4.78 is 4.98. The Bertz CT molecular complexity index is 234. The molecule has 0 radical (unpaired) electrons. The van der Waals surface area contributed by atoms with Crippen molar-refractivity contribution in [1.29, 1.82) is 0 Å². The van der Waals surface area contributed by atoms with Crippen LogP contribution in [0.3, 0.4) is 0 Å². The van der Waals surface area contributed by atoms with Crippen LogP contribution in [-0.2, 0) is 0 Å². The van der Waals surface area contributed by atoms with Crippen molar-refractivity contribution in [1.82, 2.24) is 4.98 Å². The SMILES string of the molecule is CCC=CC=Cc1ncco1. The Hall–Kier alpha value is -1.31. The minimum absolute atomic E-state index is 0.644. The molecule has 0 spiro atoms. The van der Waals surface area contributed by atoms with Crippen molar-refractivity contribution in [2.45, 2.75) is 13.3 Å². The van der Waals surface area contributed by atoms with Crippen LogP contribution in [-0.4, -0.2) is 4.98 Å². The highest BCUT2D eigenvalue weighted by molar-refractivity contribution is 5.40. The van der Waals surface area contributed by atoms with Gasteiger partial charge in [-0.2, -0.15) is 0 Å². The molecule has 0 saturated carbocycles. The third-order valence-electron chi connectivity index (χ3n) is 1.17. The van der Waals surface area contributed by atoms with Crippen LogP contribution in [0.5, 0.6) is 0 Å². The quantitative estimate of drug-likeness (QED) is 0.617. The summed E-state index contributed by atoms with van der Waals surface area (Å²) in [5.74, 6) is 0.644. The summed E-state index contributed by atoms with van der Waals surface area (Å²) in [6.45, 7) is 2.09. The smallest absolute Gasteiger partial charge is 0.218 e. The molecule has 1 heterocycles. The first kappa shape index (κ1) is 7.79. The van der Waals surface area contributed by atoms with E-state index in [1.165, 1.54) is 0 Å². The summed E-state index contributed by atoms with van der Waals surface area (Å²) in [5, 5.41) is 0. The Kier molecular flexibility index (Phi) is 3.19. The van der Waals surface area contributed by atoms with Gasteiger partial charge in [-0.05, 0) is 6.42 Å². The number of aromatic nitrogens is 1.